The Bertz CT molecular complexity index is 1810. The van der Waals surface area contributed by atoms with Crippen molar-refractivity contribution in [2.75, 3.05) is 0 Å². The van der Waals surface area contributed by atoms with Crippen molar-refractivity contribution in [1.82, 2.24) is 39.2 Å². The zero-order chi connectivity index (χ0) is 29.0. The fourth-order valence-electron chi connectivity index (χ4n) is 5.56. The summed E-state index contributed by atoms with van der Waals surface area (Å²) in [5, 5.41) is 8.44. The molecule has 0 aliphatic heterocycles. The maximum atomic E-state index is 5.94. The number of ether oxygens (including phenoxy) is 2. The molecule has 0 aromatic carbocycles. The van der Waals surface area contributed by atoms with Crippen LogP contribution in [0.15, 0.2) is 84.4 Å². The van der Waals surface area contributed by atoms with Gasteiger partial charge in [0.15, 0.2) is 11.3 Å². The molecule has 0 radical (unpaired) electrons. The van der Waals surface area contributed by atoms with E-state index in [1.807, 2.05) is 55.1 Å². The van der Waals surface area contributed by atoms with E-state index in [1.165, 1.54) is 25.7 Å². The van der Waals surface area contributed by atoms with Gasteiger partial charge in [-0.2, -0.15) is 10.2 Å². The van der Waals surface area contributed by atoms with Gasteiger partial charge in [0.1, 0.15) is 11.5 Å². The van der Waals surface area contributed by atoms with E-state index in [0.29, 0.717) is 12.2 Å². The molecule has 11 heteroatoms. The van der Waals surface area contributed by atoms with Gasteiger partial charge in [-0.05, 0) is 91.6 Å². The molecule has 218 valence electrons. The standard InChI is InChI=1S/C16H15BrN4O.C16H16N4O/c17-14-9-20-21-10-11(7-19-16(14)21)15-6-5-13(8-18-15)22-12-3-1-2-4-12;1-2-4-13(3-1)21-14-5-6-15(17-10-14)12-9-18-16-7-8-19-20(16)11-12/h5-10,12H,1-4H2;5-11,13H,1-4H2. The number of halogens is 1. The van der Waals surface area contributed by atoms with E-state index >= 15 is 0 Å². The first-order valence-electron chi connectivity index (χ1n) is 14.7. The van der Waals surface area contributed by atoms with Crippen molar-refractivity contribution in [2.24, 2.45) is 0 Å². The van der Waals surface area contributed by atoms with Crippen LogP contribution in [0, 0.1) is 0 Å². The van der Waals surface area contributed by atoms with Crippen LogP contribution >= 0.6 is 15.9 Å². The van der Waals surface area contributed by atoms with E-state index in [0.717, 1.165) is 75.5 Å². The first-order chi connectivity index (χ1) is 21.2. The SMILES string of the molecule is Brc1cnn2cc(-c3ccc(OC4CCCC4)cn3)cnc12.c1cc2ncc(-c3ccc(OC4CCCC4)cn3)cn2n1. The van der Waals surface area contributed by atoms with Crippen LogP contribution in [0.4, 0.5) is 0 Å². The average molecular weight is 640 g/mol. The predicted molar refractivity (Wildman–Crippen MR) is 166 cm³/mol. The van der Waals surface area contributed by atoms with E-state index in [1.54, 1.807) is 33.8 Å². The van der Waals surface area contributed by atoms with Crippen molar-refractivity contribution < 1.29 is 9.47 Å². The first-order valence-corrected chi connectivity index (χ1v) is 15.5. The molecule has 0 bridgehead atoms. The molecule has 0 atom stereocenters. The summed E-state index contributed by atoms with van der Waals surface area (Å²) < 4.78 is 16.2. The van der Waals surface area contributed by atoms with Crippen LogP contribution < -0.4 is 9.47 Å². The summed E-state index contributed by atoms with van der Waals surface area (Å²) in [6, 6.07) is 9.76. The smallest absolute Gasteiger partial charge is 0.169 e. The minimum Gasteiger partial charge on any atom is -0.489 e. The van der Waals surface area contributed by atoms with Gasteiger partial charge in [0.25, 0.3) is 0 Å². The van der Waals surface area contributed by atoms with E-state index in [-0.39, 0.29) is 0 Å². The van der Waals surface area contributed by atoms with Crippen LogP contribution in [0.3, 0.4) is 0 Å². The number of nitrogens with zero attached hydrogens (tertiary/aromatic N) is 8. The molecular weight excluding hydrogens is 608 g/mol. The number of hydrogen-bond donors (Lipinski definition) is 0. The Morgan fingerprint density at radius 3 is 1.77 bits per heavy atom. The van der Waals surface area contributed by atoms with Crippen molar-refractivity contribution in [3.63, 3.8) is 0 Å². The summed E-state index contributed by atoms with van der Waals surface area (Å²) in [5.41, 5.74) is 5.23. The highest BCUT2D eigenvalue weighted by molar-refractivity contribution is 9.10. The topological polar surface area (TPSA) is 105 Å². The quantitative estimate of drug-likeness (QED) is 0.192. The number of hydrogen-bond acceptors (Lipinski definition) is 8. The molecule has 8 rings (SSSR count). The summed E-state index contributed by atoms with van der Waals surface area (Å²) in [6.07, 6.45) is 24.9. The molecule has 0 saturated heterocycles. The summed E-state index contributed by atoms with van der Waals surface area (Å²) in [5.74, 6) is 1.69. The Hall–Kier alpha value is -4.38. The number of pyridine rings is 2. The van der Waals surface area contributed by atoms with Crippen LogP contribution in [-0.4, -0.2) is 51.4 Å². The van der Waals surface area contributed by atoms with E-state index in [2.05, 4.69) is 46.1 Å². The Balaban J connectivity index is 0.000000140. The van der Waals surface area contributed by atoms with Gasteiger partial charge in [0.05, 0.1) is 52.9 Å². The zero-order valence-electron chi connectivity index (χ0n) is 23.6. The molecule has 2 aliphatic carbocycles. The Labute approximate surface area is 257 Å². The second-order valence-corrected chi connectivity index (χ2v) is 11.7. The van der Waals surface area contributed by atoms with Gasteiger partial charge in [-0.25, -0.2) is 19.0 Å². The lowest BCUT2D eigenvalue weighted by atomic mass is 10.2. The van der Waals surface area contributed by atoms with Gasteiger partial charge in [-0.1, -0.05) is 0 Å². The summed E-state index contributed by atoms with van der Waals surface area (Å²) >= 11 is 3.42. The lowest BCUT2D eigenvalue weighted by molar-refractivity contribution is 0.209. The molecule has 6 aromatic heterocycles. The molecule has 0 unspecified atom stereocenters. The third-order valence-electron chi connectivity index (χ3n) is 7.83. The van der Waals surface area contributed by atoms with Gasteiger partial charge in [-0.15, -0.1) is 0 Å². The highest BCUT2D eigenvalue weighted by atomic mass is 79.9. The molecule has 6 aromatic rings. The predicted octanol–water partition coefficient (Wildman–Crippen LogP) is 6.99. The Morgan fingerprint density at radius 1 is 0.605 bits per heavy atom. The highest BCUT2D eigenvalue weighted by Crippen LogP contribution is 2.27. The lowest BCUT2D eigenvalue weighted by Crippen LogP contribution is -2.10. The molecule has 0 spiro atoms. The largest absolute Gasteiger partial charge is 0.489 e. The Kier molecular flexibility index (Phi) is 7.96. The van der Waals surface area contributed by atoms with E-state index < -0.39 is 0 Å². The molecule has 43 heavy (non-hydrogen) atoms. The van der Waals surface area contributed by atoms with Crippen molar-refractivity contribution in [3.8, 4) is 34.0 Å². The first kappa shape index (κ1) is 27.5. The van der Waals surface area contributed by atoms with Crippen molar-refractivity contribution in [3.05, 3.63) is 84.4 Å². The van der Waals surface area contributed by atoms with Gasteiger partial charge in [0.2, 0.25) is 0 Å². The molecule has 6 heterocycles. The van der Waals surface area contributed by atoms with Crippen molar-refractivity contribution >= 4 is 27.2 Å². The summed E-state index contributed by atoms with van der Waals surface area (Å²) in [4.78, 5) is 17.7. The minimum absolute atomic E-state index is 0.354. The van der Waals surface area contributed by atoms with Crippen molar-refractivity contribution in [2.45, 2.75) is 63.6 Å². The lowest BCUT2D eigenvalue weighted by Gasteiger charge is -2.12. The molecule has 2 aliphatic rings. The summed E-state index contributed by atoms with van der Waals surface area (Å²) in [6.45, 7) is 0. The van der Waals surface area contributed by atoms with Crippen molar-refractivity contribution in [1.29, 1.82) is 0 Å². The highest BCUT2D eigenvalue weighted by Gasteiger charge is 2.17. The number of aromatic nitrogens is 8. The fraction of sp³-hybridized carbons (Fsp3) is 0.312. The van der Waals surface area contributed by atoms with Crippen LogP contribution in [-0.2, 0) is 0 Å². The molecule has 0 amide bonds. The fourth-order valence-corrected chi connectivity index (χ4v) is 5.93. The van der Waals surface area contributed by atoms with Crippen LogP contribution in [0.5, 0.6) is 11.5 Å². The summed E-state index contributed by atoms with van der Waals surface area (Å²) in [7, 11) is 0. The maximum Gasteiger partial charge on any atom is 0.169 e. The second-order valence-electron chi connectivity index (χ2n) is 10.9. The molecule has 0 N–H and O–H groups in total. The third kappa shape index (κ3) is 6.36. The maximum absolute atomic E-state index is 5.94. The van der Waals surface area contributed by atoms with Gasteiger partial charge in [-0.3, -0.25) is 9.97 Å². The van der Waals surface area contributed by atoms with Gasteiger partial charge in [0, 0.05) is 42.0 Å². The van der Waals surface area contributed by atoms with Crippen LogP contribution in [0.2, 0.25) is 0 Å². The van der Waals surface area contributed by atoms with E-state index in [9.17, 15) is 0 Å². The number of rotatable bonds is 6. The second kappa shape index (κ2) is 12.5. The number of fused-ring (bicyclic) bond motifs is 2. The van der Waals surface area contributed by atoms with Gasteiger partial charge >= 0.3 is 0 Å². The normalized spacial score (nSPS) is 15.6. The molecular formula is C32H31BrN8O2. The monoisotopic (exact) mass is 638 g/mol. The Morgan fingerprint density at radius 2 is 1.19 bits per heavy atom. The third-order valence-corrected chi connectivity index (χ3v) is 8.39. The minimum atomic E-state index is 0.354. The van der Waals surface area contributed by atoms with Gasteiger partial charge < -0.3 is 9.47 Å². The molecule has 2 saturated carbocycles. The average Bonchev–Trinajstić information content (AvgIpc) is 3.87. The van der Waals surface area contributed by atoms with E-state index in [4.69, 9.17) is 9.47 Å². The molecule has 2 fully saturated rings. The molecule has 10 nitrogen and oxygen atoms in total. The van der Waals surface area contributed by atoms with Crippen LogP contribution in [0.25, 0.3) is 33.8 Å². The zero-order valence-corrected chi connectivity index (χ0v) is 25.2. The van der Waals surface area contributed by atoms with Crippen LogP contribution in [0.1, 0.15) is 51.4 Å².